The summed E-state index contributed by atoms with van der Waals surface area (Å²) >= 11 is 2.38. The van der Waals surface area contributed by atoms with Gasteiger partial charge in [-0.25, -0.2) is 4.98 Å². The Kier molecular flexibility index (Phi) is 11.1. The van der Waals surface area contributed by atoms with Crippen molar-refractivity contribution in [2.45, 2.75) is 6.92 Å². The van der Waals surface area contributed by atoms with E-state index in [1.807, 2.05) is 24.3 Å². The first kappa shape index (κ1) is 39.8. The van der Waals surface area contributed by atoms with Gasteiger partial charge in [0.05, 0.1) is 5.69 Å². The molecule has 0 aliphatic carbocycles. The third kappa shape index (κ3) is 8.61. The molecule has 3 heteroatoms. The standard InChI is InChI=1S/C60H43IN2/c1-40-19-21-42(22-20-40)51-34-50(41-11-4-2-5-12-41)35-52(36-51)43-23-25-44(26-24-43)55-17-8-9-18-56(55)49-29-32-57(45-27-30-54(61)31-28-45)58(37-49)48-16-10-15-47(33-48)53-38-59(63-60(62)39-53)46-13-6-3-7-14-46/h2-39H,1H3,(H2,62,63). The molecule has 2 N–H and O–H groups in total. The predicted molar refractivity (Wildman–Crippen MR) is 275 cm³/mol. The predicted octanol–water partition coefficient (Wildman–Crippen LogP) is 16.6. The van der Waals surface area contributed by atoms with Crippen molar-refractivity contribution in [2.75, 3.05) is 5.73 Å². The number of nitrogens with two attached hydrogens (primary N) is 1. The zero-order chi connectivity index (χ0) is 42.7. The molecular formula is C60H43IN2. The van der Waals surface area contributed by atoms with Gasteiger partial charge in [0, 0.05) is 9.13 Å². The normalized spacial score (nSPS) is 11.1. The third-order valence-corrected chi connectivity index (χ3v) is 12.5. The number of benzene rings is 9. The van der Waals surface area contributed by atoms with Gasteiger partial charge in [-0.3, -0.25) is 0 Å². The summed E-state index contributed by atoms with van der Waals surface area (Å²) in [6.07, 6.45) is 0. The average molecular weight is 919 g/mol. The molecule has 0 atom stereocenters. The molecule has 300 valence electrons. The van der Waals surface area contributed by atoms with Crippen LogP contribution in [0.2, 0.25) is 0 Å². The number of hydrogen-bond donors (Lipinski definition) is 1. The summed E-state index contributed by atoms with van der Waals surface area (Å²) in [5.74, 6) is 0.496. The molecule has 0 bridgehead atoms. The summed E-state index contributed by atoms with van der Waals surface area (Å²) < 4.78 is 1.21. The summed E-state index contributed by atoms with van der Waals surface area (Å²) in [4.78, 5) is 4.68. The van der Waals surface area contributed by atoms with Gasteiger partial charge in [0.1, 0.15) is 5.82 Å². The fourth-order valence-electron chi connectivity index (χ4n) is 8.51. The SMILES string of the molecule is Cc1ccc(-c2cc(-c3ccccc3)cc(-c3ccc(-c4ccccc4-c4ccc(-c5ccc(I)cc5)c(-c5cccc(-c6cc(N)nc(-c7ccccc7)c6)c5)c4)cc3)c2)cc1. The fourth-order valence-corrected chi connectivity index (χ4v) is 8.87. The van der Waals surface area contributed by atoms with Crippen molar-refractivity contribution < 1.29 is 0 Å². The highest BCUT2D eigenvalue weighted by molar-refractivity contribution is 14.1. The molecule has 63 heavy (non-hydrogen) atoms. The van der Waals surface area contributed by atoms with E-state index in [1.54, 1.807) is 0 Å². The Morgan fingerprint density at radius 2 is 0.714 bits per heavy atom. The van der Waals surface area contributed by atoms with Gasteiger partial charge in [0.2, 0.25) is 0 Å². The van der Waals surface area contributed by atoms with Gasteiger partial charge in [-0.2, -0.15) is 0 Å². The van der Waals surface area contributed by atoms with Gasteiger partial charge < -0.3 is 5.73 Å². The molecule has 0 aliphatic rings. The lowest BCUT2D eigenvalue weighted by molar-refractivity contribution is 1.33. The second-order valence-electron chi connectivity index (χ2n) is 16.0. The van der Waals surface area contributed by atoms with E-state index in [2.05, 4.69) is 241 Å². The summed E-state index contributed by atoms with van der Waals surface area (Å²) in [5, 5.41) is 0. The van der Waals surface area contributed by atoms with E-state index in [0.29, 0.717) is 5.82 Å². The van der Waals surface area contributed by atoms with Crippen LogP contribution in [-0.2, 0) is 0 Å². The van der Waals surface area contributed by atoms with E-state index in [4.69, 9.17) is 5.73 Å². The maximum Gasteiger partial charge on any atom is 0.124 e. The molecule has 0 saturated heterocycles. The maximum absolute atomic E-state index is 6.43. The van der Waals surface area contributed by atoms with E-state index < -0.39 is 0 Å². The number of rotatable bonds is 9. The minimum Gasteiger partial charge on any atom is -0.384 e. The molecule has 0 amide bonds. The minimum atomic E-state index is 0.496. The fraction of sp³-hybridized carbons (Fsp3) is 0.0167. The number of nitrogens with zero attached hydrogens (tertiary/aromatic N) is 1. The third-order valence-electron chi connectivity index (χ3n) is 11.8. The molecule has 0 unspecified atom stereocenters. The molecule has 10 rings (SSSR count). The number of nitrogen functional groups attached to an aromatic ring is 1. The first-order valence-corrected chi connectivity index (χ1v) is 22.3. The lowest BCUT2D eigenvalue weighted by Crippen LogP contribution is -1.94. The van der Waals surface area contributed by atoms with Crippen molar-refractivity contribution >= 4 is 28.4 Å². The molecule has 0 aliphatic heterocycles. The van der Waals surface area contributed by atoms with E-state index in [0.717, 1.165) is 39.1 Å². The Bertz CT molecular complexity index is 3210. The molecule has 9 aromatic carbocycles. The molecule has 0 fully saturated rings. The maximum atomic E-state index is 6.43. The van der Waals surface area contributed by atoms with Crippen LogP contribution in [0.3, 0.4) is 0 Å². The average Bonchev–Trinajstić information content (AvgIpc) is 3.34. The first-order chi connectivity index (χ1) is 30.9. The van der Waals surface area contributed by atoms with Crippen molar-refractivity contribution in [3.05, 3.63) is 240 Å². The van der Waals surface area contributed by atoms with Crippen LogP contribution in [-0.4, -0.2) is 4.98 Å². The minimum absolute atomic E-state index is 0.496. The van der Waals surface area contributed by atoms with Gasteiger partial charge in [0.25, 0.3) is 0 Å². The number of aromatic nitrogens is 1. The highest BCUT2D eigenvalue weighted by Gasteiger charge is 2.16. The molecule has 0 spiro atoms. The van der Waals surface area contributed by atoms with Crippen molar-refractivity contribution in [1.29, 1.82) is 0 Å². The topological polar surface area (TPSA) is 38.9 Å². The monoisotopic (exact) mass is 918 g/mol. The summed E-state index contributed by atoms with van der Waals surface area (Å²) in [6, 6.07) is 83.0. The quantitative estimate of drug-likeness (QED) is 0.147. The highest BCUT2D eigenvalue weighted by Crippen LogP contribution is 2.41. The summed E-state index contributed by atoms with van der Waals surface area (Å²) in [6.45, 7) is 2.13. The lowest BCUT2D eigenvalue weighted by atomic mass is 9.87. The van der Waals surface area contributed by atoms with Crippen molar-refractivity contribution in [3.8, 4) is 100 Å². The second-order valence-corrected chi connectivity index (χ2v) is 17.3. The number of hydrogen-bond acceptors (Lipinski definition) is 2. The zero-order valence-corrected chi connectivity index (χ0v) is 37.0. The Hall–Kier alpha value is -7.34. The smallest absolute Gasteiger partial charge is 0.124 e. The number of pyridine rings is 1. The molecule has 0 radical (unpaired) electrons. The van der Waals surface area contributed by atoms with E-state index >= 15 is 0 Å². The lowest BCUT2D eigenvalue weighted by Gasteiger charge is -2.17. The van der Waals surface area contributed by atoms with Crippen LogP contribution < -0.4 is 5.73 Å². The number of halogens is 1. The summed E-state index contributed by atoms with van der Waals surface area (Å²) in [7, 11) is 0. The number of anilines is 1. The second kappa shape index (κ2) is 17.6. The Morgan fingerprint density at radius 3 is 1.35 bits per heavy atom. The van der Waals surface area contributed by atoms with Crippen LogP contribution in [0.15, 0.2) is 231 Å². The first-order valence-electron chi connectivity index (χ1n) is 21.2. The van der Waals surface area contributed by atoms with Crippen LogP contribution in [0.25, 0.3) is 100 Å². The zero-order valence-electron chi connectivity index (χ0n) is 34.8. The van der Waals surface area contributed by atoms with Crippen molar-refractivity contribution in [1.82, 2.24) is 4.98 Å². The molecular weight excluding hydrogens is 876 g/mol. The highest BCUT2D eigenvalue weighted by atomic mass is 127. The van der Waals surface area contributed by atoms with Gasteiger partial charge in [-0.05, 0) is 173 Å². The molecule has 1 aromatic heterocycles. The van der Waals surface area contributed by atoms with Gasteiger partial charge in [-0.15, -0.1) is 0 Å². The van der Waals surface area contributed by atoms with Crippen molar-refractivity contribution in [2.24, 2.45) is 0 Å². The Balaban J connectivity index is 1.04. The van der Waals surface area contributed by atoms with Gasteiger partial charge >= 0.3 is 0 Å². The van der Waals surface area contributed by atoms with Crippen LogP contribution in [0.1, 0.15) is 5.56 Å². The molecule has 2 nitrogen and oxygen atoms in total. The van der Waals surface area contributed by atoms with Gasteiger partial charge in [0.15, 0.2) is 0 Å². The number of aryl methyl sites for hydroxylation is 1. The van der Waals surface area contributed by atoms with Crippen molar-refractivity contribution in [3.63, 3.8) is 0 Å². The summed E-state index contributed by atoms with van der Waals surface area (Å²) in [5.41, 5.74) is 28.2. The van der Waals surface area contributed by atoms with Gasteiger partial charge in [-0.1, -0.05) is 181 Å². The van der Waals surface area contributed by atoms with Crippen LogP contribution in [0, 0.1) is 10.5 Å². The van der Waals surface area contributed by atoms with E-state index in [-0.39, 0.29) is 0 Å². The largest absolute Gasteiger partial charge is 0.384 e. The molecule has 0 saturated carbocycles. The Morgan fingerprint density at radius 1 is 0.302 bits per heavy atom. The van der Waals surface area contributed by atoms with E-state index in [1.165, 1.54) is 70.3 Å². The van der Waals surface area contributed by atoms with E-state index in [9.17, 15) is 0 Å². The van der Waals surface area contributed by atoms with Crippen LogP contribution >= 0.6 is 22.6 Å². The Labute approximate surface area is 383 Å². The van der Waals surface area contributed by atoms with Crippen LogP contribution in [0.4, 0.5) is 5.82 Å². The van der Waals surface area contributed by atoms with Crippen LogP contribution in [0.5, 0.6) is 0 Å². The molecule has 10 aromatic rings. The molecule has 1 heterocycles.